The first-order valence-corrected chi connectivity index (χ1v) is 7.39. The molecule has 0 fully saturated rings. The molecule has 1 aromatic carbocycles. The summed E-state index contributed by atoms with van der Waals surface area (Å²) in [7, 11) is 3.20. The Hall–Kier alpha value is -1.04. The summed E-state index contributed by atoms with van der Waals surface area (Å²) in [5.41, 5.74) is 0.771. The number of hydrogen-bond donors (Lipinski definition) is 1. The monoisotopic (exact) mass is 342 g/mol. The van der Waals surface area contributed by atoms with Gasteiger partial charge in [-0.15, -0.1) is 11.3 Å². The minimum absolute atomic E-state index is 0.568. The number of halogens is 1. The predicted molar refractivity (Wildman–Crippen MR) is 80.2 cm³/mol. The van der Waals surface area contributed by atoms with Crippen LogP contribution in [0.15, 0.2) is 34.1 Å². The van der Waals surface area contributed by atoms with Crippen molar-refractivity contribution in [1.82, 2.24) is 0 Å². The lowest BCUT2D eigenvalue weighted by Crippen LogP contribution is -2.03. The van der Waals surface area contributed by atoms with E-state index in [4.69, 9.17) is 9.47 Å². The highest BCUT2D eigenvalue weighted by atomic mass is 79.9. The lowest BCUT2D eigenvalue weighted by molar-refractivity contribution is 0.175. The van der Waals surface area contributed by atoms with Crippen LogP contribution in [0.2, 0.25) is 0 Å². The minimum Gasteiger partial charge on any atom is -0.497 e. The van der Waals surface area contributed by atoms with Crippen LogP contribution in [-0.4, -0.2) is 19.3 Å². The summed E-state index contributed by atoms with van der Waals surface area (Å²) in [6.07, 6.45) is -0.0229. The number of thiophene rings is 1. The molecule has 1 N–H and O–H groups in total. The van der Waals surface area contributed by atoms with Gasteiger partial charge in [0.05, 0.1) is 24.1 Å². The van der Waals surface area contributed by atoms with E-state index >= 15 is 0 Å². The Morgan fingerprint density at radius 3 is 2.58 bits per heavy atom. The molecule has 19 heavy (non-hydrogen) atoms. The lowest BCUT2D eigenvalue weighted by atomic mass is 10.0. The molecule has 5 heteroatoms. The SMILES string of the molecule is COc1ccc(C(O)Cc2ccc(Br)s2)c(OC)c1. The van der Waals surface area contributed by atoms with E-state index in [1.54, 1.807) is 31.6 Å². The van der Waals surface area contributed by atoms with Crippen LogP contribution in [-0.2, 0) is 6.42 Å². The van der Waals surface area contributed by atoms with Gasteiger partial charge in [-0.05, 0) is 40.2 Å². The third kappa shape index (κ3) is 3.49. The third-order valence-corrected chi connectivity index (χ3v) is 4.47. The molecule has 0 aliphatic carbocycles. The molecule has 3 nitrogen and oxygen atoms in total. The maximum absolute atomic E-state index is 10.3. The van der Waals surface area contributed by atoms with Crippen molar-refractivity contribution in [2.24, 2.45) is 0 Å². The van der Waals surface area contributed by atoms with Gasteiger partial charge in [-0.25, -0.2) is 0 Å². The molecule has 1 aromatic heterocycles. The standard InChI is InChI=1S/C14H15BrO3S/c1-17-9-3-5-11(13(7-9)18-2)12(16)8-10-4-6-14(15)19-10/h3-7,12,16H,8H2,1-2H3. The van der Waals surface area contributed by atoms with Gasteiger partial charge in [0.15, 0.2) is 0 Å². The number of aliphatic hydroxyl groups is 1. The predicted octanol–water partition coefficient (Wildman–Crippen LogP) is 3.80. The quantitative estimate of drug-likeness (QED) is 0.897. The summed E-state index contributed by atoms with van der Waals surface area (Å²) in [5.74, 6) is 1.36. The Balaban J connectivity index is 2.20. The molecular formula is C14H15BrO3S. The van der Waals surface area contributed by atoms with Gasteiger partial charge in [0, 0.05) is 22.9 Å². The zero-order valence-corrected chi connectivity index (χ0v) is 13.1. The van der Waals surface area contributed by atoms with Crippen molar-refractivity contribution in [3.8, 4) is 11.5 Å². The van der Waals surface area contributed by atoms with Gasteiger partial charge in [0.1, 0.15) is 11.5 Å². The second-order valence-electron chi connectivity index (χ2n) is 4.03. The highest BCUT2D eigenvalue weighted by molar-refractivity contribution is 9.11. The summed E-state index contributed by atoms with van der Waals surface area (Å²) >= 11 is 5.04. The van der Waals surface area contributed by atoms with E-state index in [9.17, 15) is 5.11 Å². The molecule has 1 heterocycles. The molecule has 0 saturated heterocycles. The van der Waals surface area contributed by atoms with E-state index in [2.05, 4.69) is 15.9 Å². The van der Waals surface area contributed by atoms with Crippen LogP contribution in [0.5, 0.6) is 11.5 Å². The Morgan fingerprint density at radius 1 is 1.21 bits per heavy atom. The average Bonchev–Trinajstić information content (AvgIpc) is 2.83. The van der Waals surface area contributed by atoms with E-state index < -0.39 is 6.10 Å². The van der Waals surface area contributed by atoms with E-state index in [0.717, 1.165) is 14.2 Å². The molecule has 0 radical (unpaired) electrons. The van der Waals surface area contributed by atoms with Crippen LogP contribution in [0.3, 0.4) is 0 Å². The molecule has 1 unspecified atom stereocenters. The summed E-state index contributed by atoms with van der Waals surface area (Å²) in [6, 6.07) is 9.44. The fourth-order valence-electron chi connectivity index (χ4n) is 1.86. The van der Waals surface area contributed by atoms with Gasteiger partial charge >= 0.3 is 0 Å². The van der Waals surface area contributed by atoms with Crippen molar-refractivity contribution in [2.75, 3.05) is 14.2 Å². The Morgan fingerprint density at radius 2 is 2.00 bits per heavy atom. The maximum Gasteiger partial charge on any atom is 0.128 e. The number of rotatable bonds is 5. The van der Waals surface area contributed by atoms with Gasteiger partial charge < -0.3 is 14.6 Å². The molecule has 0 aliphatic heterocycles. The van der Waals surface area contributed by atoms with Crippen molar-refractivity contribution >= 4 is 27.3 Å². The zero-order valence-electron chi connectivity index (χ0n) is 10.7. The van der Waals surface area contributed by atoms with Gasteiger partial charge in [0.25, 0.3) is 0 Å². The van der Waals surface area contributed by atoms with Crippen LogP contribution in [0.4, 0.5) is 0 Å². The smallest absolute Gasteiger partial charge is 0.128 e. The van der Waals surface area contributed by atoms with Crippen molar-refractivity contribution in [3.63, 3.8) is 0 Å². The highest BCUT2D eigenvalue weighted by Crippen LogP contribution is 2.33. The van der Waals surface area contributed by atoms with Gasteiger partial charge in [-0.2, -0.15) is 0 Å². The van der Waals surface area contributed by atoms with Gasteiger partial charge in [-0.3, -0.25) is 0 Å². The van der Waals surface area contributed by atoms with E-state index in [0.29, 0.717) is 17.9 Å². The zero-order chi connectivity index (χ0) is 13.8. The van der Waals surface area contributed by atoms with Crippen molar-refractivity contribution < 1.29 is 14.6 Å². The van der Waals surface area contributed by atoms with Crippen LogP contribution >= 0.6 is 27.3 Å². The Kier molecular flexibility index (Phi) is 4.85. The van der Waals surface area contributed by atoms with Crippen LogP contribution in [0.1, 0.15) is 16.5 Å². The fraction of sp³-hybridized carbons (Fsp3) is 0.286. The molecule has 102 valence electrons. The van der Waals surface area contributed by atoms with Crippen LogP contribution < -0.4 is 9.47 Å². The normalized spacial score (nSPS) is 12.2. The van der Waals surface area contributed by atoms with Crippen molar-refractivity contribution in [3.05, 3.63) is 44.6 Å². The fourth-order valence-corrected chi connectivity index (χ4v) is 3.38. The summed E-state index contributed by atoms with van der Waals surface area (Å²) in [5, 5.41) is 10.3. The first-order chi connectivity index (χ1) is 9.13. The molecule has 0 spiro atoms. The van der Waals surface area contributed by atoms with Gasteiger partial charge in [0.2, 0.25) is 0 Å². The average molecular weight is 343 g/mol. The number of hydrogen-bond acceptors (Lipinski definition) is 4. The largest absolute Gasteiger partial charge is 0.497 e. The summed E-state index contributed by atoms with van der Waals surface area (Å²) in [4.78, 5) is 1.12. The maximum atomic E-state index is 10.3. The first-order valence-electron chi connectivity index (χ1n) is 5.78. The molecule has 0 bridgehead atoms. The first kappa shape index (κ1) is 14.4. The van der Waals surface area contributed by atoms with E-state index in [-0.39, 0.29) is 0 Å². The van der Waals surface area contributed by atoms with E-state index in [1.165, 1.54) is 0 Å². The molecule has 2 rings (SSSR count). The second kappa shape index (κ2) is 6.41. The molecule has 1 atom stereocenters. The molecular weight excluding hydrogens is 328 g/mol. The summed E-state index contributed by atoms with van der Waals surface area (Å²) in [6.45, 7) is 0. The molecule has 0 aliphatic rings. The number of ether oxygens (including phenoxy) is 2. The molecule has 2 aromatic rings. The Labute approximate surface area is 124 Å². The number of methoxy groups -OCH3 is 2. The Bertz CT molecular complexity index is 553. The minimum atomic E-state index is -0.591. The topological polar surface area (TPSA) is 38.7 Å². The van der Waals surface area contributed by atoms with Gasteiger partial charge in [-0.1, -0.05) is 0 Å². The van der Waals surface area contributed by atoms with Crippen LogP contribution in [0.25, 0.3) is 0 Å². The summed E-state index contributed by atoms with van der Waals surface area (Å²) < 4.78 is 11.5. The molecule has 0 amide bonds. The van der Waals surface area contributed by atoms with E-state index in [1.807, 2.05) is 24.3 Å². The van der Waals surface area contributed by atoms with Crippen molar-refractivity contribution in [2.45, 2.75) is 12.5 Å². The second-order valence-corrected chi connectivity index (χ2v) is 6.58. The van der Waals surface area contributed by atoms with Crippen molar-refractivity contribution in [1.29, 1.82) is 0 Å². The van der Waals surface area contributed by atoms with Crippen LogP contribution in [0, 0.1) is 0 Å². The molecule has 0 saturated carbocycles. The highest BCUT2D eigenvalue weighted by Gasteiger charge is 2.15. The lowest BCUT2D eigenvalue weighted by Gasteiger charge is -2.15. The number of aliphatic hydroxyl groups excluding tert-OH is 1. The number of benzene rings is 1. The third-order valence-electron chi connectivity index (χ3n) is 2.82.